The third kappa shape index (κ3) is 3.74. The number of halogens is 1. The zero-order valence-electron chi connectivity index (χ0n) is 11.6. The number of aromatic nitrogens is 1. The van der Waals surface area contributed by atoms with Crippen LogP contribution in [0.25, 0.3) is 0 Å². The summed E-state index contributed by atoms with van der Waals surface area (Å²) in [6, 6.07) is 2.51. The fourth-order valence-corrected chi connectivity index (χ4v) is 2.72. The highest BCUT2D eigenvalue weighted by Gasteiger charge is 2.17. The predicted molar refractivity (Wildman–Crippen MR) is 77.8 cm³/mol. The van der Waals surface area contributed by atoms with Crippen LogP contribution in [0.2, 0.25) is 5.02 Å². The average molecular weight is 284 g/mol. The lowest BCUT2D eigenvalue weighted by atomic mass is 10.1. The number of nitrogens with one attached hydrogen (secondary N) is 2. The smallest absolute Gasteiger partial charge is 0.267 e. The molecule has 1 aliphatic heterocycles. The van der Waals surface area contributed by atoms with Crippen LogP contribution >= 0.6 is 11.6 Å². The Morgan fingerprint density at radius 3 is 3.05 bits per heavy atom. The van der Waals surface area contributed by atoms with E-state index in [1.807, 2.05) is 18.4 Å². The van der Waals surface area contributed by atoms with Gasteiger partial charge in [0.2, 0.25) is 0 Å². The molecule has 0 aliphatic carbocycles. The van der Waals surface area contributed by atoms with Crippen LogP contribution in [0, 0.1) is 0 Å². The normalized spacial score (nSPS) is 19.1. The van der Waals surface area contributed by atoms with Crippen molar-refractivity contribution in [2.75, 3.05) is 13.1 Å². The van der Waals surface area contributed by atoms with Gasteiger partial charge in [0.25, 0.3) is 5.91 Å². The fraction of sp³-hybridized carbons (Fsp3) is 0.643. The van der Waals surface area contributed by atoms with E-state index in [1.165, 1.54) is 12.8 Å². The van der Waals surface area contributed by atoms with Gasteiger partial charge in [0.05, 0.1) is 5.02 Å². The summed E-state index contributed by atoms with van der Waals surface area (Å²) < 4.78 is 1.91. The molecule has 0 spiro atoms. The molecule has 1 aliphatic rings. The lowest BCUT2D eigenvalue weighted by Crippen LogP contribution is -2.31. The van der Waals surface area contributed by atoms with E-state index < -0.39 is 0 Å². The van der Waals surface area contributed by atoms with E-state index in [1.54, 1.807) is 12.3 Å². The predicted octanol–water partition coefficient (Wildman–Crippen LogP) is 2.59. The molecular formula is C14H22ClN3O. The van der Waals surface area contributed by atoms with Gasteiger partial charge in [0.15, 0.2) is 0 Å². The van der Waals surface area contributed by atoms with Crippen molar-refractivity contribution < 1.29 is 4.79 Å². The fourth-order valence-electron chi connectivity index (χ4n) is 2.51. The second-order valence-corrected chi connectivity index (χ2v) is 5.82. The largest absolute Gasteiger partial charge is 0.351 e. The molecule has 2 heterocycles. The van der Waals surface area contributed by atoms with Gasteiger partial charge in [-0.3, -0.25) is 4.79 Å². The highest BCUT2D eigenvalue weighted by atomic mass is 35.5. The van der Waals surface area contributed by atoms with E-state index in [0.717, 1.165) is 13.0 Å². The first-order chi connectivity index (χ1) is 9.08. The Morgan fingerprint density at radius 1 is 1.63 bits per heavy atom. The highest BCUT2D eigenvalue weighted by molar-refractivity contribution is 6.31. The van der Waals surface area contributed by atoms with Crippen LogP contribution in [0.3, 0.4) is 0 Å². The van der Waals surface area contributed by atoms with Gasteiger partial charge in [-0.25, -0.2) is 0 Å². The zero-order chi connectivity index (χ0) is 13.8. The highest BCUT2D eigenvalue weighted by Crippen LogP contribution is 2.18. The third-order valence-corrected chi connectivity index (χ3v) is 3.75. The number of nitrogens with zero attached hydrogens (tertiary/aromatic N) is 1. The maximum Gasteiger partial charge on any atom is 0.267 e. The van der Waals surface area contributed by atoms with Crippen LogP contribution in [0.1, 0.15) is 49.6 Å². The molecule has 1 aromatic rings. The Labute approximate surface area is 119 Å². The van der Waals surface area contributed by atoms with Crippen molar-refractivity contribution in [1.82, 2.24) is 15.2 Å². The minimum atomic E-state index is -0.0430. The van der Waals surface area contributed by atoms with E-state index in [2.05, 4.69) is 10.6 Å². The molecule has 1 aromatic heterocycles. The summed E-state index contributed by atoms with van der Waals surface area (Å²) in [5, 5.41) is 7.01. The first-order valence-corrected chi connectivity index (χ1v) is 7.34. The molecule has 0 radical (unpaired) electrons. The lowest BCUT2D eigenvalue weighted by molar-refractivity contribution is 0.0941. The van der Waals surface area contributed by atoms with E-state index >= 15 is 0 Å². The molecule has 1 amide bonds. The number of amides is 1. The molecule has 1 fully saturated rings. The van der Waals surface area contributed by atoms with Crippen molar-refractivity contribution in [3.63, 3.8) is 0 Å². The maximum atomic E-state index is 12.1. The molecule has 1 atom stereocenters. The van der Waals surface area contributed by atoms with Crippen LogP contribution in [0.4, 0.5) is 0 Å². The van der Waals surface area contributed by atoms with Gasteiger partial charge in [-0.15, -0.1) is 0 Å². The second-order valence-electron chi connectivity index (χ2n) is 5.38. The summed E-state index contributed by atoms with van der Waals surface area (Å²) in [5.41, 5.74) is 0.638. The number of carbonyl (C=O) groups excluding carboxylic acids is 1. The summed E-state index contributed by atoms with van der Waals surface area (Å²) in [5.74, 6) is -0.0430. The van der Waals surface area contributed by atoms with Gasteiger partial charge in [-0.1, -0.05) is 11.6 Å². The molecule has 2 rings (SSSR count). The molecule has 0 unspecified atom stereocenters. The first kappa shape index (κ1) is 14.4. The van der Waals surface area contributed by atoms with Crippen molar-refractivity contribution in [3.8, 4) is 0 Å². The topological polar surface area (TPSA) is 46.1 Å². The van der Waals surface area contributed by atoms with Crippen molar-refractivity contribution in [1.29, 1.82) is 0 Å². The standard InChI is InChI=1S/C14H22ClN3O/c1-10(2)18-9-11(15)8-13(18)14(19)17-7-5-12-4-3-6-16-12/h8-10,12,16H,3-7H2,1-2H3,(H,17,19)/t12-/m1/s1. The Hall–Kier alpha value is -1.00. The van der Waals surface area contributed by atoms with Crippen molar-refractivity contribution in [2.45, 2.75) is 45.2 Å². The van der Waals surface area contributed by atoms with Crippen molar-refractivity contribution in [2.24, 2.45) is 0 Å². The Morgan fingerprint density at radius 2 is 2.42 bits per heavy atom. The molecule has 0 aromatic carbocycles. The molecule has 0 saturated carbocycles. The molecule has 2 N–H and O–H groups in total. The molecule has 106 valence electrons. The SMILES string of the molecule is CC(C)n1cc(Cl)cc1C(=O)NCC[C@H]1CCCN1. The summed E-state index contributed by atoms with van der Waals surface area (Å²) in [6.45, 7) is 5.88. The minimum absolute atomic E-state index is 0.0430. The molecular weight excluding hydrogens is 262 g/mol. The Kier molecular flexibility index (Phi) is 4.88. The van der Waals surface area contributed by atoms with Crippen LogP contribution in [0.15, 0.2) is 12.3 Å². The molecule has 0 bridgehead atoms. The van der Waals surface area contributed by atoms with Gasteiger partial charge >= 0.3 is 0 Å². The molecule has 4 nitrogen and oxygen atoms in total. The van der Waals surface area contributed by atoms with E-state index in [0.29, 0.717) is 23.3 Å². The van der Waals surface area contributed by atoms with Gasteiger partial charge in [-0.05, 0) is 45.7 Å². The number of hydrogen-bond donors (Lipinski definition) is 2. The van der Waals surface area contributed by atoms with Gasteiger partial charge < -0.3 is 15.2 Å². The summed E-state index contributed by atoms with van der Waals surface area (Å²) >= 11 is 5.98. The van der Waals surface area contributed by atoms with E-state index in [-0.39, 0.29) is 11.9 Å². The Bertz CT molecular complexity index is 436. The van der Waals surface area contributed by atoms with Gasteiger partial charge in [-0.2, -0.15) is 0 Å². The molecule has 1 saturated heterocycles. The van der Waals surface area contributed by atoms with E-state index in [9.17, 15) is 4.79 Å². The third-order valence-electron chi connectivity index (χ3n) is 3.54. The van der Waals surface area contributed by atoms with Crippen LogP contribution in [-0.4, -0.2) is 29.6 Å². The zero-order valence-corrected chi connectivity index (χ0v) is 12.3. The number of rotatable bonds is 5. The number of hydrogen-bond acceptors (Lipinski definition) is 2. The molecule has 19 heavy (non-hydrogen) atoms. The first-order valence-electron chi connectivity index (χ1n) is 6.97. The lowest BCUT2D eigenvalue weighted by Gasteiger charge is -2.14. The summed E-state index contributed by atoms with van der Waals surface area (Å²) in [7, 11) is 0. The van der Waals surface area contributed by atoms with Crippen LogP contribution in [-0.2, 0) is 0 Å². The Balaban J connectivity index is 1.88. The van der Waals surface area contributed by atoms with Crippen LogP contribution < -0.4 is 10.6 Å². The van der Waals surface area contributed by atoms with Gasteiger partial charge in [0.1, 0.15) is 5.69 Å². The van der Waals surface area contributed by atoms with Gasteiger partial charge in [0, 0.05) is 24.8 Å². The summed E-state index contributed by atoms with van der Waals surface area (Å²) in [6.07, 6.45) is 5.25. The monoisotopic (exact) mass is 283 g/mol. The van der Waals surface area contributed by atoms with E-state index in [4.69, 9.17) is 11.6 Å². The quantitative estimate of drug-likeness (QED) is 0.872. The average Bonchev–Trinajstić information content (AvgIpc) is 2.98. The van der Waals surface area contributed by atoms with Crippen molar-refractivity contribution >= 4 is 17.5 Å². The second kappa shape index (κ2) is 6.44. The minimum Gasteiger partial charge on any atom is -0.351 e. The maximum absolute atomic E-state index is 12.1. The molecule has 5 heteroatoms. The van der Waals surface area contributed by atoms with Crippen molar-refractivity contribution in [3.05, 3.63) is 23.0 Å². The summed E-state index contributed by atoms with van der Waals surface area (Å²) in [4.78, 5) is 12.1. The number of carbonyl (C=O) groups is 1. The van der Waals surface area contributed by atoms with Crippen LogP contribution in [0.5, 0.6) is 0 Å².